The SMILES string of the molecule is C[C@H]1[C@H](c2ccccc2)O[C@H](NCc2ccccc2)C(=O)N1C. The van der Waals surface area contributed by atoms with Crippen molar-refractivity contribution in [2.75, 3.05) is 7.05 Å². The minimum atomic E-state index is -0.624. The third-order valence-corrected chi connectivity index (χ3v) is 4.37. The summed E-state index contributed by atoms with van der Waals surface area (Å²) in [7, 11) is 1.84. The molecule has 4 nitrogen and oxygen atoms in total. The van der Waals surface area contributed by atoms with E-state index >= 15 is 0 Å². The van der Waals surface area contributed by atoms with Gasteiger partial charge >= 0.3 is 0 Å². The highest BCUT2D eigenvalue weighted by Gasteiger charge is 2.38. The van der Waals surface area contributed by atoms with Crippen molar-refractivity contribution in [1.29, 1.82) is 0 Å². The summed E-state index contributed by atoms with van der Waals surface area (Å²) in [6.07, 6.45) is -0.756. The molecule has 2 aromatic carbocycles. The maximum Gasteiger partial charge on any atom is 0.266 e. The van der Waals surface area contributed by atoms with Gasteiger partial charge in [-0.25, -0.2) is 0 Å². The van der Waals surface area contributed by atoms with Crippen molar-refractivity contribution in [2.24, 2.45) is 0 Å². The van der Waals surface area contributed by atoms with Crippen molar-refractivity contribution in [1.82, 2.24) is 10.2 Å². The van der Waals surface area contributed by atoms with Gasteiger partial charge in [0.2, 0.25) is 0 Å². The Morgan fingerprint density at radius 2 is 1.65 bits per heavy atom. The molecule has 1 fully saturated rings. The summed E-state index contributed by atoms with van der Waals surface area (Å²) in [5.74, 6) is -0.0272. The molecule has 3 rings (SSSR count). The van der Waals surface area contributed by atoms with Gasteiger partial charge in [-0.3, -0.25) is 10.1 Å². The van der Waals surface area contributed by atoms with Gasteiger partial charge in [-0.15, -0.1) is 0 Å². The fourth-order valence-corrected chi connectivity index (χ4v) is 2.85. The van der Waals surface area contributed by atoms with Crippen LogP contribution in [0.15, 0.2) is 60.7 Å². The fourth-order valence-electron chi connectivity index (χ4n) is 2.85. The number of hydrogen-bond donors (Lipinski definition) is 1. The molecule has 0 radical (unpaired) electrons. The molecule has 1 saturated heterocycles. The fraction of sp³-hybridized carbons (Fsp3) is 0.316. The number of carbonyl (C=O) groups is 1. The van der Waals surface area contributed by atoms with E-state index in [1.54, 1.807) is 4.90 Å². The summed E-state index contributed by atoms with van der Waals surface area (Å²) in [6, 6.07) is 20.1. The van der Waals surface area contributed by atoms with Crippen molar-refractivity contribution in [3.63, 3.8) is 0 Å². The third kappa shape index (κ3) is 3.44. The van der Waals surface area contributed by atoms with Crippen LogP contribution in [0.25, 0.3) is 0 Å². The van der Waals surface area contributed by atoms with Gasteiger partial charge in [0.25, 0.3) is 5.91 Å². The first kappa shape index (κ1) is 15.7. The topological polar surface area (TPSA) is 41.6 Å². The first-order valence-corrected chi connectivity index (χ1v) is 7.91. The smallest absolute Gasteiger partial charge is 0.266 e. The molecule has 0 aromatic heterocycles. The minimum absolute atomic E-state index is 0.000301. The van der Waals surface area contributed by atoms with E-state index in [-0.39, 0.29) is 18.1 Å². The quantitative estimate of drug-likeness (QED) is 0.944. The first-order valence-electron chi connectivity index (χ1n) is 7.91. The van der Waals surface area contributed by atoms with Gasteiger partial charge in [0.05, 0.1) is 6.04 Å². The lowest BCUT2D eigenvalue weighted by Crippen LogP contribution is -2.56. The molecule has 3 atom stereocenters. The van der Waals surface area contributed by atoms with Crippen LogP contribution in [0.5, 0.6) is 0 Å². The molecule has 1 aliphatic rings. The van der Waals surface area contributed by atoms with Crippen molar-refractivity contribution in [2.45, 2.75) is 31.8 Å². The molecule has 0 saturated carbocycles. The lowest BCUT2D eigenvalue weighted by atomic mass is 10.0. The molecule has 23 heavy (non-hydrogen) atoms. The molecule has 0 spiro atoms. The molecule has 2 aromatic rings. The van der Waals surface area contributed by atoms with Gasteiger partial charge in [-0.1, -0.05) is 60.7 Å². The summed E-state index contributed by atoms with van der Waals surface area (Å²) in [5, 5.41) is 3.22. The lowest BCUT2D eigenvalue weighted by molar-refractivity contribution is -0.173. The number of nitrogens with one attached hydrogen (secondary N) is 1. The van der Waals surface area contributed by atoms with Crippen LogP contribution in [0.3, 0.4) is 0 Å². The standard InChI is InChI=1S/C19H22N2O2/c1-14-17(16-11-7-4-8-12-16)23-18(19(22)21(14)2)20-13-15-9-5-3-6-10-15/h3-12,14,17-18,20H,13H2,1-2H3/t14-,17+,18-/m0/s1. The summed E-state index contributed by atoms with van der Waals surface area (Å²) in [4.78, 5) is 14.2. The van der Waals surface area contributed by atoms with Gasteiger partial charge < -0.3 is 9.64 Å². The van der Waals surface area contributed by atoms with E-state index in [0.29, 0.717) is 6.54 Å². The van der Waals surface area contributed by atoms with Crippen LogP contribution in [0, 0.1) is 0 Å². The molecule has 1 aliphatic heterocycles. The molecule has 1 heterocycles. The highest BCUT2D eigenvalue weighted by atomic mass is 16.5. The summed E-state index contributed by atoms with van der Waals surface area (Å²) in [5.41, 5.74) is 2.22. The average molecular weight is 310 g/mol. The van der Waals surface area contributed by atoms with Gasteiger partial charge in [-0.05, 0) is 18.1 Å². The average Bonchev–Trinajstić information content (AvgIpc) is 2.61. The molecule has 4 heteroatoms. The molecule has 0 bridgehead atoms. The Balaban J connectivity index is 1.73. The van der Waals surface area contributed by atoms with Crippen molar-refractivity contribution in [3.8, 4) is 0 Å². The first-order chi connectivity index (χ1) is 11.2. The Hall–Kier alpha value is -2.17. The Kier molecular flexibility index (Phi) is 4.74. The number of likely N-dealkylation sites (N-methyl/N-ethyl adjacent to an activating group) is 1. The molecular weight excluding hydrogens is 288 g/mol. The number of morpholine rings is 1. The predicted octanol–water partition coefficient (Wildman–Crippen LogP) is 2.72. The Labute approximate surface area is 137 Å². The second-order valence-corrected chi connectivity index (χ2v) is 5.90. The third-order valence-electron chi connectivity index (χ3n) is 4.37. The lowest BCUT2D eigenvalue weighted by Gasteiger charge is -2.41. The van der Waals surface area contributed by atoms with Gasteiger partial charge in [0.1, 0.15) is 6.10 Å². The maximum atomic E-state index is 12.5. The summed E-state index contributed by atoms with van der Waals surface area (Å²) in [6.45, 7) is 2.62. The van der Waals surface area contributed by atoms with Crippen LogP contribution in [0.1, 0.15) is 24.2 Å². The zero-order valence-electron chi connectivity index (χ0n) is 13.5. The summed E-state index contributed by atoms with van der Waals surface area (Å²) >= 11 is 0. The van der Waals surface area contributed by atoms with Crippen LogP contribution in [-0.2, 0) is 16.1 Å². The molecule has 1 amide bonds. The number of nitrogens with zero attached hydrogens (tertiary/aromatic N) is 1. The zero-order valence-corrected chi connectivity index (χ0v) is 13.5. The van der Waals surface area contributed by atoms with E-state index in [2.05, 4.69) is 5.32 Å². The Morgan fingerprint density at radius 1 is 1.04 bits per heavy atom. The molecule has 1 N–H and O–H groups in total. The van der Waals surface area contributed by atoms with Crippen LogP contribution in [0.2, 0.25) is 0 Å². The molecule has 120 valence electrons. The van der Waals surface area contributed by atoms with E-state index in [1.807, 2.05) is 74.6 Å². The van der Waals surface area contributed by atoms with Crippen LogP contribution < -0.4 is 5.32 Å². The van der Waals surface area contributed by atoms with Crippen molar-refractivity contribution in [3.05, 3.63) is 71.8 Å². The van der Waals surface area contributed by atoms with Crippen molar-refractivity contribution < 1.29 is 9.53 Å². The number of rotatable bonds is 4. The highest BCUT2D eigenvalue weighted by Crippen LogP contribution is 2.30. The Morgan fingerprint density at radius 3 is 2.30 bits per heavy atom. The predicted molar refractivity (Wildman–Crippen MR) is 89.6 cm³/mol. The van der Waals surface area contributed by atoms with Crippen LogP contribution >= 0.6 is 0 Å². The van der Waals surface area contributed by atoms with Gasteiger partial charge in [0, 0.05) is 13.6 Å². The second-order valence-electron chi connectivity index (χ2n) is 5.90. The molecule has 0 unspecified atom stereocenters. The molecule has 0 aliphatic carbocycles. The summed E-state index contributed by atoms with van der Waals surface area (Å²) < 4.78 is 6.09. The maximum absolute atomic E-state index is 12.5. The molecular formula is C19H22N2O2. The normalized spacial score (nSPS) is 24.7. The van der Waals surface area contributed by atoms with E-state index in [1.165, 1.54) is 0 Å². The largest absolute Gasteiger partial charge is 0.344 e. The van der Waals surface area contributed by atoms with Gasteiger partial charge in [-0.2, -0.15) is 0 Å². The van der Waals surface area contributed by atoms with E-state index in [0.717, 1.165) is 11.1 Å². The minimum Gasteiger partial charge on any atom is -0.344 e. The number of benzene rings is 2. The van der Waals surface area contributed by atoms with E-state index in [9.17, 15) is 4.79 Å². The van der Waals surface area contributed by atoms with Crippen LogP contribution in [0.4, 0.5) is 0 Å². The number of ether oxygens (including phenoxy) is 1. The zero-order chi connectivity index (χ0) is 16.2. The second kappa shape index (κ2) is 6.94. The van der Waals surface area contributed by atoms with Crippen LogP contribution in [-0.4, -0.2) is 30.1 Å². The highest BCUT2D eigenvalue weighted by molar-refractivity contribution is 5.81. The van der Waals surface area contributed by atoms with E-state index in [4.69, 9.17) is 4.74 Å². The number of amides is 1. The number of carbonyl (C=O) groups excluding carboxylic acids is 1. The van der Waals surface area contributed by atoms with Gasteiger partial charge in [0.15, 0.2) is 6.23 Å². The number of hydrogen-bond acceptors (Lipinski definition) is 3. The Bertz CT molecular complexity index is 645. The van der Waals surface area contributed by atoms with Crippen molar-refractivity contribution >= 4 is 5.91 Å². The monoisotopic (exact) mass is 310 g/mol. The van der Waals surface area contributed by atoms with E-state index < -0.39 is 6.23 Å².